The second-order valence-electron chi connectivity index (χ2n) is 6.74. The van der Waals surface area contributed by atoms with Crippen LogP contribution in [0.2, 0.25) is 0 Å². The average molecular weight is 405 g/mol. The number of nitrogens with one attached hydrogen (secondary N) is 2. The van der Waals surface area contributed by atoms with E-state index in [1.165, 1.54) is 21.9 Å². The zero-order valence-electron chi connectivity index (χ0n) is 16.6. The van der Waals surface area contributed by atoms with Gasteiger partial charge in [-0.2, -0.15) is 0 Å². The number of halogens is 1. The molecule has 1 unspecified atom stereocenters. The highest BCUT2D eigenvalue weighted by molar-refractivity contribution is 7.11. The summed E-state index contributed by atoms with van der Waals surface area (Å²) < 4.78 is 18.9. The number of aryl methyl sites for hydroxylation is 1. The molecule has 0 bridgehead atoms. The summed E-state index contributed by atoms with van der Waals surface area (Å²) in [5.41, 5.74) is 1.09. The minimum absolute atomic E-state index is 0.136. The van der Waals surface area contributed by atoms with E-state index in [0.29, 0.717) is 6.54 Å². The van der Waals surface area contributed by atoms with Crippen LogP contribution >= 0.6 is 11.3 Å². The molecule has 152 valence electrons. The van der Waals surface area contributed by atoms with E-state index in [0.717, 1.165) is 50.8 Å². The minimum Gasteiger partial charge on any atom is -0.379 e. The van der Waals surface area contributed by atoms with Crippen molar-refractivity contribution in [3.63, 3.8) is 0 Å². The predicted molar refractivity (Wildman–Crippen MR) is 113 cm³/mol. The molecule has 1 saturated heterocycles. The van der Waals surface area contributed by atoms with Crippen LogP contribution in [0.1, 0.15) is 28.3 Å². The normalized spacial score (nSPS) is 16.8. The van der Waals surface area contributed by atoms with E-state index in [1.807, 2.05) is 23.5 Å². The smallest absolute Gasteiger partial charge is 0.191 e. The summed E-state index contributed by atoms with van der Waals surface area (Å²) in [6, 6.07) is 11.3. The fourth-order valence-corrected chi connectivity index (χ4v) is 4.22. The van der Waals surface area contributed by atoms with E-state index in [-0.39, 0.29) is 11.9 Å². The Hall–Kier alpha value is -1.96. The molecule has 1 fully saturated rings. The van der Waals surface area contributed by atoms with Crippen molar-refractivity contribution in [2.75, 3.05) is 39.9 Å². The molecule has 0 spiro atoms. The molecular weight excluding hydrogens is 375 g/mol. The number of nitrogens with zero attached hydrogens (tertiary/aromatic N) is 2. The third-order valence-electron chi connectivity index (χ3n) is 4.92. The largest absolute Gasteiger partial charge is 0.379 e. The number of hydrogen-bond donors (Lipinski definition) is 2. The van der Waals surface area contributed by atoms with Crippen molar-refractivity contribution in [2.24, 2.45) is 4.99 Å². The summed E-state index contributed by atoms with van der Waals surface area (Å²) in [7, 11) is 1.78. The number of thiophene rings is 1. The Morgan fingerprint density at radius 1 is 1.14 bits per heavy atom. The fraction of sp³-hybridized carbons (Fsp3) is 0.476. The summed E-state index contributed by atoms with van der Waals surface area (Å²) in [6.45, 7) is 6.80. The molecular formula is C21H29FN4OS. The molecule has 0 aliphatic carbocycles. The predicted octanol–water partition coefficient (Wildman–Crippen LogP) is 3.19. The molecule has 2 aromatic rings. The SMILES string of the molecule is CCc1ccc(CNC(=NC)NCC(c2ccc(F)cc2)N2CCOCC2)s1. The third kappa shape index (κ3) is 5.77. The van der Waals surface area contributed by atoms with Crippen molar-refractivity contribution >= 4 is 17.3 Å². The van der Waals surface area contributed by atoms with Crippen molar-refractivity contribution in [3.8, 4) is 0 Å². The van der Waals surface area contributed by atoms with Gasteiger partial charge in [0.2, 0.25) is 0 Å². The molecule has 0 saturated carbocycles. The zero-order valence-corrected chi connectivity index (χ0v) is 17.4. The summed E-state index contributed by atoms with van der Waals surface area (Å²) in [6.07, 6.45) is 1.07. The molecule has 1 aromatic carbocycles. The summed E-state index contributed by atoms with van der Waals surface area (Å²) in [5, 5.41) is 6.83. The van der Waals surface area contributed by atoms with Crippen molar-refractivity contribution in [3.05, 3.63) is 57.5 Å². The van der Waals surface area contributed by atoms with Crippen LogP contribution in [0.25, 0.3) is 0 Å². The first-order valence-corrected chi connectivity index (χ1v) is 10.6. The van der Waals surface area contributed by atoms with Crippen LogP contribution in [-0.2, 0) is 17.7 Å². The second-order valence-corrected chi connectivity index (χ2v) is 8.00. The van der Waals surface area contributed by atoms with Gasteiger partial charge < -0.3 is 15.4 Å². The minimum atomic E-state index is -0.211. The average Bonchev–Trinajstić information content (AvgIpc) is 3.20. The molecule has 0 amide bonds. The molecule has 28 heavy (non-hydrogen) atoms. The Kier molecular flexibility index (Phi) is 7.82. The van der Waals surface area contributed by atoms with Crippen molar-refractivity contribution in [1.29, 1.82) is 0 Å². The number of benzene rings is 1. The maximum absolute atomic E-state index is 13.4. The fourth-order valence-electron chi connectivity index (χ4n) is 3.32. The molecule has 7 heteroatoms. The van der Waals surface area contributed by atoms with E-state index in [9.17, 15) is 4.39 Å². The molecule has 3 rings (SSSR count). The molecule has 0 radical (unpaired) electrons. The van der Waals surface area contributed by atoms with Crippen LogP contribution in [0.15, 0.2) is 41.4 Å². The molecule has 1 atom stereocenters. The highest BCUT2D eigenvalue weighted by Gasteiger charge is 2.23. The standard InChI is InChI=1S/C21H29FN4OS/c1-3-18-8-9-19(28-18)14-24-21(23-2)25-15-20(26-10-12-27-13-11-26)16-4-6-17(22)7-5-16/h4-9,20H,3,10-15H2,1-2H3,(H2,23,24,25). The van der Waals surface area contributed by atoms with E-state index in [4.69, 9.17) is 4.74 Å². The van der Waals surface area contributed by atoms with Crippen LogP contribution in [0.5, 0.6) is 0 Å². The monoisotopic (exact) mass is 404 g/mol. The van der Waals surface area contributed by atoms with Crippen LogP contribution in [-0.4, -0.2) is 50.8 Å². The Morgan fingerprint density at radius 2 is 1.86 bits per heavy atom. The van der Waals surface area contributed by atoms with E-state index in [1.54, 1.807) is 7.05 Å². The van der Waals surface area contributed by atoms with Crippen molar-refractivity contribution in [2.45, 2.75) is 25.9 Å². The zero-order chi connectivity index (χ0) is 19.8. The van der Waals surface area contributed by atoms with Gasteiger partial charge >= 0.3 is 0 Å². The Labute approximate surface area is 170 Å². The first-order chi connectivity index (χ1) is 13.7. The molecule has 2 N–H and O–H groups in total. The van der Waals surface area contributed by atoms with Crippen LogP contribution in [0.3, 0.4) is 0 Å². The molecule has 5 nitrogen and oxygen atoms in total. The topological polar surface area (TPSA) is 48.9 Å². The Morgan fingerprint density at radius 3 is 2.50 bits per heavy atom. The van der Waals surface area contributed by atoms with E-state index >= 15 is 0 Å². The maximum atomic E-state index is 13.4. The number of hydrogen-bond acceptors (Lipinski definition) is 4. The van der Waals surface area contributed by atoms with E-state index in [2.05, 4.69) is 39.6 Å². The second kappa shape index (κ2) is 10.5. The van der Waals surface area contributed by atoms with Gasteiger partial charge in [0, 0.05) is 36.4 Å². The highest BCUT2D eigenvalue weighted by Crippen LogP contribution is 2.22. The van der Waals surface area contributed by atoms with Gasteiger partial charge in [-0.1, -0.05) is 19.1 Å². The van der Waals surface area contributed by atoms with Gasteiger partial charge in [-0.15, -0.1) is 11.3 Å². The number of aliphatic imine (C=N–C) groups is 1. The maximum Gasteiger partial charge on any atom is 0.191 e. The lowest BCUT2D eigenvalue weighted by molar-refractivity contribution is 0.0170. The molecule has 2 heterocycles. The summed E-state index contributed by atoms with van der Waals surface area (Å²) >= 11 is 1.83. The van der Waals surface area contributed by atoms with Crippen LogP contribution in [0.4, 0.5) is 4.39 Å². The number of morpholine rings is 1. The van der Waals surface area contributed by atoms with Gasteiger partial charge in [0.1, 0.15) is 5.82 Å². The van der Waals surface area contributed by atoms with E-state index < -0.39 is 0 Å². The molecule has 1 aliphatic heterocycles. The van der Waals surface area contributed by atoms with Crippen molar-refractivity contribution < 1.29 is 9.13 Å². The van der Waals surface area contributed by atoms with Crippen molar-refractivity contribution in [1.82, 2.24) is 15.5 Å². The van der Waals surface area contributed by atoms with Gasteiger partial charge in [0.05, 0.1) is 25.8 Å². The lowest BCUT2D eigenvalue weighted by Crippen LogP contribution is -2.46. The first-order valence-electron chi connectivity index (χ1n) is 9.79. The Balaban J connectivity index is 1.61. The number of rotatable bonds is 7. The lowest BCUT2D eigenvalue weighted by Gasteiger charge is -2.35. The Bertz CT molecular complexity index is 756. The lowest BCUT2D eigenvalue weighted by atomic mass is 10.0. The van der Waals surface area contributed by atoms with Crippen LogP contribution < -0.4 is 10.6 Å². The third-order valence-corrected chi connectivity index (χ3v) is 6.15. The number of ether oxygens (including phenoxy) is 1. The highest BCUT2D eigenvalue weighted by atomic mass is 32.1. The molecule has 1 aliphatic rings. The van der Waals surface area contributed by atoms with Gasteiger partial charge in [0.25, 0.3) is 0 Å². The molecule has 1 aromatic heterocycles. The summed E-state index contributed by atoms with van der Waals surface area (Å²) in [5.74, 6) is 0.559. The van der Waals surface area contributed by atoms with Gasteiger partial charge in [0.15, 0.2) is 5.96 Å². The summed E-state index contributed by atoms with van der Waals surface area (Å²) in [4.78, 5) is 9.42. The van der Waals surface area contributed by atoms with Gasteiger partial charge in [-0.3, -0.25) is 9.89 Å². The first kappa shape index (κ1) is 20.8. The van der Waals surface area contributed by atoms with Crippen LogP contribution in [0, 0.1) is 5.82 Å². The quantitative estimate of drug-likeness (QED) is 0.550. The van der Waals surface area contributed by atoms with Gasteiger partial charge in [-0.05, 0) is 36.2 Å². The van der Waals surface area contributed by atoms with Gasteiger partial charge in [-0.25, -0.2) is 4.39 Å². The number of guanidine groups is 1.